The highest BCUT2D eigenvalue weighted by molar-refractivity contribution is 9.11. The molecule has 1 aliphatic heterocycles. The van der Waals surface area contributed by atoms with Gasteiger partial charge >= 0.3 is 0 Å². The molecule has 1 fully saturated rings. The number of piperidine rings is 1. The molecule has 100 valence electrons. The average Bonchev–Trinajstić information content (AvgIpc) is 2.34. The van der Waals surface area contributed by atoms with Gasteiger partial charge in [0, 0.05) is 23.8 Å². The van der Waals surface area contributed by atoms with Gasteiger partial charge in [-0.2, -0.15) is 0 Å². The maximum absolute atomic E-state index is 4.35. The van der Waals surface area contributed by atoms with Gasteiger partial charge in [-0.3, -0.25) is 0 Å². The summed E-state index contributed by atoms with van der Waals surface area (Å²) < 4.78 is 1.99. The van der Waals surface area contributed by atoms with Crippen LogP contribution in [0.15, 0.2) is 21.2 Å². The molecule has 1 aromatic heterocycles. The first-order valence-corrected chi connectivity index (χ1v) is 8.01. The molecule has 0 aliphatic carbocycles. The summed E-state index contributed by atoms with van der Waals surface area (Å²) >= 11 is 6.92. The van der Waals surface area contributed by atoms with Gasteiger partial charge in [0.25, 0.3) is 0 Å². The Morgan fingerprint density at radius 1 is 1.39 bits per heavy atom. The lowest BCUT2D eigenvalue weighted by atomic mass is 9.99. The van der Waals surface area contributed by atoms with Crippen LogP contribution in [0, 0.1) is 5.92 Å². The van der Waals surface area contributed by atoms with E-state index in [4.69, 9.17) is 0 Å². The molecular formula is C13H19Br2N3. The lowest BCUT2D eigenvalue weighted by Crippen LogP contribution is -2.36. The highest BCUT2D eigenvalue weighted by atomic mass is 79.9. The molecule has 2 heterocycles. The van der Waals surface area contributed by atoms with Crippen LogP contribution in [0.1, 0.15) is 19.8 Å². The summed E-state index contributed by atoms with van der Waals surface area (Å²) in [6, 6.07) is 2.01. The van der Waals surface area contributed by atoms with Crippen molar-refractivity contribution in [2.24, 2.45) is 5.92 Å². The second-order valence-electron chi connectivity index (χ2n) is 4.93. The molecule has 0 spiro atoms. The van der Waals surface area contributed by atoms with Gasteiger partial charge in [0.1, 0.15) is 5.82 Å². The number of hydrogen-bond acceptors (Lipinski definition) is 3. The fraction of sp³-hybridized carbons (Fsp3) is 0.615. The minimum absolute atomic E-state index is 0.900. The third-order valence-electron chi connectivity index (χ3n) is 3.40. The van der Waals surface area contributed by atoms with Crippen LogP contribution in [0.4, 0.5) is 5.82 Å². The minimum Gasteiger partial charge on any atom is -0.368 e. The number of aromatic nitrogens is 1. The highest BCUT2D eigenvalue weighted by Gasteiger charge is 2.14. The van der Waals surface area contributed by atoms with Crippen molar-refractivity contribution in [1.82, 2.24) is 9.88 Å². The smallest absolute Gasteiger partial charge is 0.140 e. The first-order chi connectivity index (χ1) is 8.65. The first kappa shape index (κ1) is 14.3. The van der Waals surface area contributed by atoms with Crippen molar-refractivity contribution in [2.45, 2.75) is 19.8 Å². The number of rotatable bonds is 4. The molecule has 0 amide bonds. The molecule has 0 bridgehead atoms. The molecule has 0 unspecified atom stereocenters. The van der Waals surface area contributed by atoms with Crippen LogP contribution in [0.2, 0.25) is 0 Å². The van der Waals surface area contributed by atoms with Crippen LogP contribution in [0.25, 0.3) is 0 Å². The third kappa shape index (κ3) is 4.21. The van der Waals surface area contributed by atoms with Gasteiger partial charge in [0.15, 0.2) is 0 Å². The number of pyridine rings is 1. The third-order valence-corrected chi connectivity index (χ3v) is 4.44. The molecule has 0 saturated carbocycles. The maximum atomic E-state index is 4.35. The summed E-state index contributed by atoms with van der Waals surface area (Å²) in [5.41, 5.74) is 0. The van der Waals surface area contributed by atoms with Gasteiger partial charge in [-0.05, 0) is 69.8 Å². The van der Waals surface area contributed by atoms with Crippen molar-refractivity contribution in [3.8, 4) is 0 Å². The van der Waals surface area contributed by atoms with E-state index in [0.717, 1.165) is 33.8 Å². The number of hydrogen-bond donors (Lipinski definition) is 1. The van der Waals surface area contributed by atoms with Crippen molar-refractivity contribution in [1.29, 1.82) is 0 Å². The van der Waals surface area contributed by atoms with Gasteiger partial charge < -0.3 is 10.2 Å². The van der Waals surface area contributed by atoms with Gasteiger partial charge in [0.2, 0.25) is 0 Å². The summed E-state index contributed by atoms with van der Waals surface area (Å²) in [6.07, 6.45) is 4.48. The number of nitrogens with zero attached hydrogens (tertiary/aromatic N) is 2. The first-order valence-electron chi connectivity index (χ1n) is 6.42. The zero-order valence-corrected chi connectivity index (χ0v) is 13.8. The topological polar surface area (TPSA) is 28.2 Å². The van der Waals surface area contributed by atoms with Gasteiger partial charge in [-0.1, -0.05) is 6.92 Å². The lowest BCUT2D eigenvalue weighted by Gasteiger charge is -2.30. The Labute approximate surface area is 126 Å². The van der Waals surface area contributed by atoms with Gasteiger partial charge in [0.05, 0.1) is 4.47 Å². The summed E-state index contributed by atoms with van der Waals surface area (Å²) in [7, 11) is 0. The monoisotopic (exact) mass is 375 g/mol. The molecule has 0 radical (unpaired) electrons. The molecule has 5 heteroatoms. The molecule has 0 atom stereocenters. The quantitative estimate of drug-likeness (QED) is 0.867. The van der Waals surface area contributed by atoms with E-state index in [1.807, 2.05) is 12.3 Å². The maximum Gasteiger partial charge on any atom is 0.140 e. The van der Waals surface area contributed by atoms with Crippen molar-refractivity contribution in [3.05, 3.63) is 21.2 Å². The number of halogens is 2. The average molecular weight is 377 g/mol. The highest BCUT2D eigenvalue weighted by Crippen LogP contribution is 2.23. The van der Waals surface area contributed by atoms with Gasteiger partial charge in [-0.25, -0.2) is 4.98 Å². The van der Waals surface area contributed by atoms with Crippen molar-refractivity contribution < 1.29 is 0 Å². The van der Waals surface area contributed by atoms with E-state index in [1.54, 1.807) is 0 Å². The Morgan fingerprint density at radius 2 is 2.11 bits per heavy atom. The Morgan fingerprint density at radius 3 is 2.78 bits per heavy atom. The fourth-order valence-corrected chi connectivity index (χ4v) is 3.29. The summed E-state index contributed by atoms with van der Waals surface area (Å²) in [5.74, 6) is 1.82. The summed E-state index contributed by atoms with van der Waals surface area (Å²) in [6.45, 7) is 6.85. The van der Waals surface area contributed by atoms with E-state index >= 15 is 0 Å². The van der Waals surface area contributed by atoms with E-state index in [9.17, 15) is 0 Å². The summed E-state index contributed by atoms with van der Waals surface area (Å²) in [5, 5.41) is 3.38. The SMILES string of the molecule is CC1CCN(CCNc2ncc(Br)cc2Br)CC1. The van der Waals surface area contributed by atoms with Gasteiger partial charge in [-0.15, -0.1) is 0 Å². The molecule has 1 aromatic rings. The molecule has 1 saturated heterocycles. The fourth-order valence-electron chi connectivity index (χ4n) is 2.16. The van der Waals surface area contributed by atoms with Crippen LogP contribution in [-0.4, -0.2) is 36.1 Å². The summed E-state index contributed by atoms with van der Waals surface area (Å²) in [4.78, 5) is 6.88. The molecule has 0 aromatic carbocycles. The van der Waals surface area contributed by atoms with E-state index < -0.39 is 0 Å². The van der Waals surface area contributed by atoms with Crippen molar-refractivity contribution >= 4 is 37.7 Å². The molecule has 1 N–H and O–H groups in total. The standard InChI is InChI=1S/C13H19Br2N3/c1-10-2-5-18(6-3-10)7-4-16-13-12(15)8-11(14)9-17-13/h8-10H,2-7H2,1H3,(H,16,17). The van der Waals surface area contributed by atoms with Crippen molar-refractivity contribution in [3.63, 3.8) is 0 Å². The van der Waals surface area contributed by atoms with Crippen LogP contribution >= 0.6 is 31.9 Å². The number of anilines is 1. The predicted octanol–water partition coefficient (Wildman–Crippen LogP) is 3.75. The second kappa shape index (κ2) is 6.87. The number of nitrogens with one attached hydrogen (secondary N) is 1. The van der Waals surface area contributed by atoms with E-state index in [2.05, 4.69) is 54.0 Å². The molecule has 1 aliphatic rings. The Hall–Kier alpha value is -0.130. The Balaban J connectivity index is 1.75. The van der Waals surface area contributed by atoms with Crippen LogP contribution in [-0.2, 0) is 0 Å². The zero-order valence-electron chi connectivity index (χ0n) is 10.6. The predicted molar refractivity (Wildman–Crippen MR) is 83.0 cm³/mol. The molecular weight excluding hydrogens is 358 g/mol. The largest absolute Gasteiger partial charge is 0.368 e. The van der Waals surface area contributed by atoms with Crippen LogP contribution < -0.4 is 5.32 Å². The van der Waals surface area contributed by atoms with E-state index in [-0.39, 0.29) is 0 Å². The molecule has 2 rings (SSSR count). The zero-order chi connectivity index (χ0) is 13.0. The van der Waals surface area contributed by atoms with E-state index in [1.165, 1.54) is 25.9 Å². The molecule has 3 nitrogen and oxygen atoms in total. The Kier molecular flexibility index (Phi) is 5.45. The second-order valence-corrected chi connectivity index (χ2v) is 6.70. The number of likely N-dealkylation sites (tertiary alicyclic amines) is 1. The lowest BCUT2D eigenvalue weighted by molar-refractivity contribution is 0.199. The minimum atomic E-state index is 0.900. The van der Waals surface area contributed by atoms with Crippen molar-refractivity contribution in [2.75, 3.05) is 31.5 Å². The van der Waals surface area contributed by atoms with E-state index in [0.29, 0.717) is 0 Å². The normalized spacial score (nSPS) is 17.9. The Bertz CT molecular complexity index is 390. The van der Waals surface area contributed by atoms with Crippen LogP contribution in [0.5, 0.6) is 0 Å². The van der Waals surface area contributed by atoms with Crippen LogP contribution in [0.3, 0.4) is 0 Å². The molecule has 18 heavy (non-hydrogen) atoms.